The molecule has 0 saturated carbocycles. The average Bonchev–Trinajstić information content (AvgIpc) is 2.81. The number of benzene rings is 2. The number of nitrogens with one attached hydrogen (secondary N) is 1. The summed E-state index contributed by atoms with van der Waals surface area (Å²) in [5.74, 6) is 1.47. The third kappa shape index (κ3) is 4.31. The van der Waals surface area contributed by atoms with Gasteiger partial charge in [0, 0.05) is 6.54 Å². The first-order valence-corrected chi connectivity index (χ1v) is 12.7. The number of amides is 1. The minimum atomic E-state index is -0.268. The Bertz CT molecular complexity index is 1060. The maximum atomic E-state index is 13.0. The number of carbonyl (C=O) groups is 1. The van der Waals surface area contributed by atoms with Crippen LogP contribution in [0.15, 0.2) is 30.3 Å². The summed E-state index contributed by atoms with van der Waals surface area (Å²) in [6, 6.07) is 11.0. The first-order valence-electron chi connectivity index (χ1n) is 12.7. The van der Waals surface area contributed by atoms with Crippen molar-refractivity contribution in [2.24, 2.45) is 11.3 Å². The number of hydrogen-bond donors (Lipinski definition) is 1. The Morgan fingerprint density at radius 1 is 1.06 bits per heavy atom. The number of methoxy groups -OCH3 is 1. The summed E-state index contributed by atoms with van der Waals surface area (Å²) in [4.78, 5) is 15.4. The summed E-state index contributed by atoms with van der Waals surface area (Å²) in [6.07, 6.45) is 4.07. The van der Waals surface area contributed by atoms with E-state index in [1.165, 1.54) is 22.3 Å². The summed E-state index contributed by atoms with van der Waals surface area (Å²) in [5.41, 5.74) is 7.20. The van der Waals surface area contributed by atoms with Crippen molar-refractivity contribution in [1.29, 1.82) is 0 Å². The normalized spacial score (nSPS) is 27.1. The monoisotopic (exact) mass is 462 g/mol. The lowest BCUT2D eigenvalue weighted by Crippen LogP contribution is -2.53. The highest BCUT2D eigenvalue weighted by molar-refractivity contribution is 5.71. The Morgan fingerprint density at radius 3 is 2.38 bits per heavy atom. The topological polar surface area (TPSA) is 50.8 Å². The van der Waals surface area contributed by atoms with Crippen LogP contribution < -0.4 is 10.1 Å². The molecule has 0 spiro atoms. The van der Waals surface area contributed by atoms with Crippen molar-refractivity contribution in [2.45, 2.75) is 65.5 Å². The van der Waals surface area contributed by atoms with Gasteiger partial charge in [-0.25, -0.2) is 4.79 Å². The molecule has 1 aliphatic carbocycles. The second-order valence-electron chi connectivity index (χ2n) is 11.2. The zero-order valence-corrected chi connectivity index (χ0v) is 21.2. The van der Waals surface area contributed by atoms with E-state index < -0.39 is 0 Å². The highest BCUT2D eigenvalue weighted by Crippen LogP contribution is 2.45. The zero-order valence-electron chi connectivity index (χ0n) is 21.2. The molecule has 0 radical (unpaired) electrons. The highest BCUT2D eigenvalue weighted by atomic mass is 16.6. The summed E-state index contributed by atoms with van der Waals surface area (Å²) in [7, 11) is 1.73. The molecule has 1 amide bonds. The Labute approximate surface area is 203 Å². The van der Waals surface area contributed by atoms with Gasteiger partial charge in [-0.15, -0.1) is 0 Å². The third-order valence-corrected chi connectivity index (χ3v) is 8.39. The quantitative estimate of drug-likeness (QED) is 0.623. The zero-order chi connectivity index (χ0) is 24.0. The lowest BCUT2D eigenvalue weighted by molar-refractivity contribution is -0.0353. The van der Waals surface area contributed by atoms with E-state index in [4.69, 9.17) is 9.47 Å². The van der Waals surface area contributed by atoms with Crippen LogP contribution in [-0.4, -0.2) is 43.8 Å². The largest absolute Gasteiger partial charge is 0.496 e. The number of aryl methyl sites for hydroxylation is 3. The van der Waals surface area contributed by atoms with Crippen LogP contribution in [0.1, 0.15) is 61.4 Å². The lowest BCUT2D eigenvalue weighted by Gasteiger charge is -2.44. The fourth-order valence-electron chi connectivity index (χ4n) is 6.35. The Balaban J connectivity index is 1.37. The van der Waals surface area contributed by atoms with E-state index >= 15 is 0 Å². The molecule has 3 heterocycles. The number of rotatable bonds is 4. The molecule has 2 atom stereocenters. The summed E-state index contributed by atoms with van der Waals surface area (Å²) >= 11 is 0. The van der Waals surface area contributed by atoms with Crippen molar-refractivity contribution in [3.8, 4) is 16.9 Å². The Morgan fingerprint density at radius 2 is 1.76 bits per heavy atom. The van der Waals surface area contributed by atoms with Gasteiger partial charge in [-0.05, 0) is 109 Å². The SMILES string of the molecule is COc1c(C)cc(-c2ccc3c(c2)CCC(C)(C)[C@H]3NC(=O)OC2CN3CCC2CC3)cc1C. The van der Waals surface area contributed by atoms with Crippen LogP contribution in [-0.2, 0) is 11.2 Å². The average molecular weight is 463 g/mol. The number of carbonyl (C=O) groups excluding carboxylic acids is 1. The van der Waals surface area contributed by atoms with Crippen molar-refractivity contribution < 1.29 is 14.3 Å². The molecule has 5 heteroatoms. The molecule has 3 saturated heterocycles. The van der Waals surface area contributed by atoms with E-state index in [1.807, 2.05) is 0 Å². The Hall–Kier alpha value is -2.53. The molecule has 3 fully saturated rings. The summed E-state index contributed by atoms with van der Waals surface area (Å²) in [5, 5.41) is 3.27. The smallest absolute Gasteiger partial charge is 0.407 e. The van der Waals surface area contributed by atoms with Gasteiger partial charge in [0.05, 0.1) is 13.2 Å². The third-order valence-electron chi connectivity index (χ3n) is 8.39. The van der Waals surface area contributed by atoms with Crippen LogP contribution in [0.5, 0.6) is 5.75 Å². The number of nitrogens with zero attached hydrogens (tertiary/aromatic N) is 1. The minimum Gasteiger partial charge on any atom is -0.496 e. The van der Waals surface area contributed by atoms with Gasteiger partial charge < -0.3 is 14.8 Å². The van der Waals surface area contributed by atoms with Crippen molar-refractivity contribution in [3.63, 3.8) is 0 Å². The van der Waals surface area contributed by atoms with Gasteiger partial charge in [-0.1, -0.05) is 32.0 Å². The molecule has 3 aliphatic heterocycles. The molecule has 0 aromatic heterocycles. The fraction of sp³-hybridized carbons (Fsp3) is 0.552. The molecule has 1 unspecified atom stereocenters. The Kier molecular flexibility index (Phi) is 6.09. The van der Waals surface area contributed by atoms with E-state index in [0.717, 1.165) is 62.2 Å². The number of hydrogen-bond acceptors (Lipinski definition) is 4. The van der Waals surface area contributed by atoms with Crippen molar-refractivity contribution in [3.05, 3.63) is 52.6 Å². The van der Waals surface area contributed by atoms with Crippen LogP contribution >= 0.6 is 0 Å². The molecule has 4 aliphatic rings. The molecule has 2 aromatic rings. The molecular weight excluding hydrogens is 424 g/mol. The second-order valence-corrected chi connectivity index (χ2v) is 11.2. The van der Waals surface area contributed by atoms with Crippen LogP contribution in [0, 0.1) is 25.2 Å². The summed E-state index contributed by atoms with van der Waals surface area (Å²) in [6.45, 7) is 11.9. The van der Waals surface area contributed by atoms with E-state index in [-0.39, 0.29) is 23.7 Å². The molecule has 34 heavy (non-hydrogen) atoms. The number of fused-ring (bicyclic) bond motifs is 4. The number of ether oxygens (including phenoxy) is 2. The molecule has 6 rings (SSSR count). The molecule has 2 bridgehead atoms. The van der Waals surface area contributed by atoms with Crippen LogP contribution in [0.4, 0.5) is 4.79 Å². The van der Waals surface area contributed by atoms with Crippen LogP contribution in [0.3, 0.4) is 0 Å². The van der Waals surface area contributed by atoms with Gasteiger partial charge in [0.1, 0.15) is 11.9 Å². The number of alkyl carbamates (subject to hydrolysis) is 1. The van der Waals surface area contributed by atoms with Crippen molar-refractivity contribution in [2.75, 3.05) is 26.7 Å². The van der Waals surface area contributed by atoms with E-state index in [9.17, 15) is 4.79 Å². The molecule has 2 aromatic carbocycles. The first kappa shape index (κ1) is 23.2. The minimum absolute atomic E-state index is 0.0256. The standard InChI is InChI=1S/C29H38N2O3/c1-18-14-23(15-19(2)26(18)33-5)21-6-7-24-22(16-21)8-11-29(3,4)27(24)30-28(32)34-25-17-31-12-9-20(25)10-13-31/h6-7,14-16,20,25,27H,8-13,17H2,1-5H3,(H,30,32)/t25?,27-/m0/s1. The van der Waals surface area contributed by atoms with Gasteiger partial charge in [0.25, 0.3) is 0 Å². The lowest BCUT2D eigenvalue weighted by atomic mass is 9.70. The van der Waals surface area contributed by atoms with E-state index in [2.05, 4.69) is 68.2 Å². The van der Waals surface area contributed by atoms with Gasteiger partial charge in [-0.2, -0.15) is 0 Å². The molecule has 1 N–H and O–H groups in total. The number of piperidine rings is 3. The van der Waals surface area contributed by atoms with Crippen LogP contribution in [0.2, 0.25) is 0 Å². The predicted octanol–water partition coefficient (Wildman–Crippen LogP) is 5.81. The first-order chi connectivity index (χ1) is 16.2. The predicted molar refractivity (Wildman–Crippen MR) is 135 cm³/mol. The maximum absolute atomic E-state index is 13.0. The molecule has 5 nitrogen and oxygen atoms in total. The molecular formula is C29H38N2O3. The second kappa shape index (κ2) is 8.92. The van der Waals surface area contributed by atoms with Gasteiger partial charge in [0.2, 0.25) is 0 Å². The maximum Gasteiger partial charge on any atom is 0.407 e. The van der Waals surface area contributed by atoms with Gasteiger partial charge >= 0.3 is 6.09 Å². The van der Waals surface area contributed by atoms with Gasteiger partial charge in [0.15, 0.2) is 0 Å². The molecule has 182 valence electrons. The van der Waals surface area contributed by atoms with E-state index in [0.29, 0.717) is 5.92 Å². The van der Waals surface area contributed by atoms with Crippen LogP contribution in [0.25, 0.3) is 11.1 Å². The highest BCUT2D eigenvalue weighted by Gasteiger charge is 2.40. The van der Waals surface area contributed by atoms with E-state index in [1.54, 1.807) is 7.11 Å². The fourth-order valence-corrected chi connectivity index (χ4v) is 6.35. The summed E-state index contributed by atoms with van der Waals surface area (Å²) < 4.78 is 11.5. The van der Waals surface area contributed by atoms with Gasteiger partial charge in [-0.3, -0.25) is 4.90 Å². The van der Waals surface area contributed by atoms with Crippen molar-refractivity contribution in [1.82, 2.24) is 10.2 Å². The van der Waals surface area contributed by atoms with Crippen molar-refractivity contribution >= 4 is 6.09 Å².